The summed E-state index contributed by atoms with van der Waals surface area (Å²) in [5.74, 6) is 0. The zero-order chi connectivity index (χ0) is 13.5. The summed E-state index contributed by atoms with van der Waals surface area (Å²) in [6.07, 6.45) is -2.09. The maximum atomic E-state index is 12.2. The number of β-amino-alcohol motifs (C(OH)–C–C–N with tert-alkyl or cyclic N) is 2. The molecule has 2 heterocycles. The van der Waals surface area contributed by atoms with Gasteiger partial charge in [0.05, 0.1) is 17.1 Å². The largest absolute Gasteiger partial charge is 0.389 e. The lowest BCUT2D eigenvalue weighted by molar-refractivity contribution is 0.0572. The molecule has 1 aromatic rings. The fraction of sp³-hybridized carbons (Fsp3) is 0.444. The number of nitrogens with two attached hydrogens (primary N) is 1. The third-order valence-electron chi connectivity index (χ3n) is 2.64. The van der Waals surface area contributed by atoms with E-state index in [1.165, 1.54) is 6.07 Å². The van der Waals surface area contributed by atoms with E-state index in [0.717, 1.165) is 15.6 Å². The third-order valence-corrected chi connectivity index (χ3v) is 6.41. The van der Waals surface area contributed by atoms with Crippen molar-refractivity contribution in [2.24, 2.45) is 5.73 Å². The van der Waals surface area contributed by atoms with Crippen LogP contribution in [0, 0.1) is 0 Å². The minimum Gasteiger partial charge on any atom is -0.389 e. The number of thiocarbonyl (C=S) groups is 1. The van der Waals surface area contributed by atoms with Crippen LogP contribution in [0.15, 0.2) is 16.3 Å². The van der Waals surface area contributed by atoms with Gasteiger partial charge in [-0.15, -0.1) is 11.3 Å². The number of nitrogens with zero attached hydrogens (tertiary/aromatic N) is 1. The van der Waals surface area contributed by atoms with Gasteiger partial charge >= 0.3 is 0 Å². The van der Waals surface area contributed by atoms with Gasteiger partial charge in [0.1, 0.15) is 9.20 Å². The monoisotopic (exact) mass is 308 g/mol. The molecule has 6 nitrogen and oxygen atoms in total. The number of sulfonamides is 1. The predicted molar refractivity (Wildman–Crippen MR) is 71.0 cm³/mol. The molecule has 2 rings (SSSR count). The Morgan fingerprint density at radius 1 is 1.39 bits per heavy atom. The highest BCUT2D eigenvalue weighted by Crippen LogP contribution is 2.27. The molecule has 9 heteroatoms. The van der Waals surface area contributed by atoms with E-state index in [-0.39, 0.29) is 22.3 Å². The summed E-state index contributed by atoms with van der Waals surface area (Å²) in [4.78, 5) is 0.659. The lowest BCUT2D eigenvalue weighted by atomic mass is 10.3. The fourth-order valence-corrected chi connectivity index (χ4v) is 4.63. The smallest absolute Gasteiger partial charge is 0.252 e. The zero-order valence-electron chi connectivity index (χ0n) is 9.18. The van der Waals surface area contributed by atoms with Gasteiger partial charge in [-0.3, -0.25) is 0 Å². The molecule has 1 aromatic heterocycles. The van der Waals surface area contributed by atoms with Crippen molar-refractivity contribution in [1.82, 2.24) is 4.31 Å². The molecule has 1 fully saturated rings. The normalized spacial score (nSPS) is 25.4. The van der Waals surface area contributed by atoms with Crippen molar-refractivity contribution in [3.05, 3.63) is 17.0 Å². The van der Waals surface area contributed by atoms with Crippen LogP contribution >= 0.6 is 23.6 Å². The first-order valence-electron chi connectivity index (χ1n) is 5.08. The van der Waals surface area contributed by atoms with Crippen LogP contribution in [-0.4, -0.2) is 53.2 Å². The van der Waals surface area contributed by atoms with Crippen LogP contribution in [0.4, 0.5) is 0 Å². The highest BCUT2D eigenvalue weighted by atomic mass is 32.2. The number of rotatable bonds is 3. The van der Waals surface area contributed by atoms with Gasteiger partial charge in [0, 0.05) is 13.1 Å². The lowest BCUT2D eigenvalue weighted by Gasteiger charge is -2.13. The predicted octanol–water partition coefficient (Wildman–Crippen LogP) is -0.892. The Morgan fingerprint density at radius 2 is 1.94 bits per heavy atom. The number of hydrogen-bond acceptors (Lipinski definition) is 6. The van der Waals surface area contributed by atoms with E-state index in [1.54, 1.807) is 6.07 Å². The first-order chi connectivity index (χ1) is 8.32. The van der Waals surface area contributed by atoms with Gasteiger partial charge in [-0.1, -0.05) is 12.2 Å². The van der Waals surface area contributed by atoms with Gasteiger partial charge in [0.25, 0.3) is 10.0 Å². The summed E-state index contributed by atoms with van der Waals surface area (Å²) >= 11 is 5.75. The highest BCUT2D eigenvalue weighted by molar-refractivity contribution is 7.91. The van der Waals surface area contributed by atoms with Crippen molar-refractivity contribution in [1.29, 1.82) is 0 Å². The van der Waals surface area contributed by atoms with E-state index in [2.05, 4.69) is 0 Å². The molecule has 2 atom stereocenters. The van der Waals surface area contributed by atoms with Crippen LogP contribution in [0.5, 0.6) is 0 Å². The van der Waals surface area contributed by atoms with E-state index < -0.39 is 22.2 Å². The molecular formula is C9H12N2O4S3. The highest BCUT2D eigenvalue weighted by Gasteiger charge is 2.38. The molecule has 0 amide bonds. The number of thiophene rings is 1. The van der Waals surface area contributed by atoms with Crippen LogP contribution < -0.4 is 5.73 Å². The van der Waals surface area contributed by atoms with E-state index >= 15 is 0 Å². The van der Waals surface area contributed by atoms with Crippen molar-refractivity contribution in [2.45, 2.75) is 16.4 Å². The standard InChI is InChI=1S/C9H12N2O4S3/c10-9(16)7-1-2-8(17-7)18(14,15)11-3-5(12)6(13)4-11/h1-2,5-6,12-13H,3-4H2,(H2,10,16). The molecule has 1 aliphatic heterocycles. The second-order valence-electron chi connectivity index (χ2n) is 3.94. The molecule has 0 aliphatic carbocycles. The van der Waals surface area contributed by atoms with Crippen molar-refractivity contribution in [2.75, 3.05) is 13.1 Å². The Labute approximate surface area is 114 Å². The number of hydrogen-bond donors (Lipinski definition) is 3. The molecule has 1 aliphatic rings. The van der Waals surface area contributed by atoms with Crippen molar-refractivity contribution >= 4 is 38.6 Å². The lowest BCUT2D eigenvalue weighted by Crippen LogP contribution is -2.29. The van der Waals surface area contributed by atoms with Gasteiger partial charge in [-0.2, -0.15) is 4.31 Å². The van der Waals surface area contributed by atoms with E-state index in [0.29, 0.717) is 4.88 Å². The van der Waals surface area contributed by atoms with Crippen LogP contribution in [0.3, 0.4) is 0 Å². The Balaban J connectivity index is 2.28. The van der Waals surface area contributed by atoms with E-state index in [1.807, 2.05) is 0 Å². The first-order valence-corrected chi connectivity index (χ1v) is 7.75. The average Bonchev–Trinajstić information content (AvgIpc) is 2.87. The van der Waals surface area contributed by atoms with Crippen molar-refractivity contribution < 1.29 is 18.6 Å². The zero-order valence-corrected chi connectivity index (χ0v) is 11.6. The van der Waals surface area contributed by atoms with Crippen molar-refractivity contribution in [3.8, 4) is 0 Å². The summed E-state index contributed by atoms with van der Waals surface area (Å²) in [5, 5.41) is 18.8. The minimum absolute atomic E-state index is 0.103. The molecule has 18 heavy (non-hydrogen) atoms. The van der Waals surface area contributed by atoms with E-state index in [9.17, 15) is 18.6 Å². The summed E-state index contributed by atoms with van der Waals surface area (Å²) in [6, 6.07) is 2.97. The molecule has 100 valence electrons. The molecule has 0 bridgehead atoms. The van der Waals surface area contributed by atoms with Gasteiger partial charge in [0.15, 0.2) is 0 Å². The second kappa shape index (κ2) is 4.83. The third kappa shape index (κ3) is 2.42. The molecule has 1 saturated heterocycles. The molecular weight excluding hydrogens is 296 g/mol. The van der Waals surface area contributed by atoms with Gasteiger partial charge in [0.2, 0.25) is 0 Å². The quantitative estimate of drug-likeness (QED) is 0.626. The van der Waals surface area contributed by atoms with Crippen LogP contribution in [-0.2, 0) is 10.0 Å². The van der Waals surface area contributed by atoms with Gasteiger partial charge < -0.3 is 15.9 Å². The SMILES string of the molecule is NC(=S)c1ccc(S(=O)(=O)N2CC(O)C(O)C2)s1. The topological polar surface area (TPSA) is 104 Å². The van der Waals surface area contributed by atoms with Crippen LogP contribution in [0.1, 0.15) is 4.88 Å². The second-order valence-corrected chi connectivity index (χ2v) is 7.63. The average molecular weight is 308 g/mol. The Hall–Kier alpha value is -0.580. The Bertz CT molecular complexity index is 558. The number of aliphatic hydroxyl groups is 2. The molecule has 0 spiro atoms. The molecule has 0 aromatic carbocycles. The first kappa shape index (κ1) is 13.8. The summed E-state index contributed by atoms with van der Waals surface area (Å²) in [7, 11) is -3.70. The van der Waals surface area contributed by atoms with E-state index in [4.69, 9.17) is 18.0 Å². The van der Waals surface area contributed by atoms with Crippen LogP contribution in [0.2, 0.25) is 0 Å². The van der Waals surface area contributed by atoms with Gasteiger partial charge in [-0.25, -0.2) is 8.42 Å². The van der Waals surface area contributed by atoms with Gasteiger partial charge in [-0.05, 0) is 12.1 Å². The number of aliphatic hydroxyl groups excluding tert-OH is 2. The summed E-state index contributed by atoms with van der Waals surface area (Å²) < 4.78 is 25.5. The van der Waals surface area contributed by atoms with Crippen molar-refractivity contribution in [3.63, 3.8) is 0 Å². The molecule has 0 saturated carbocycles. The maximum Gasteiger partial charge on any atom is 0.252 e. The fourth-order valence-electron chi connectivity index (χ4n) is 1.65. The molecule has 0 radical (unpaired) electrons. The minimum atomic E-state index is -3.70. The Kier molecular flexibility index (Phi) is 3.72. The maximum absolute atomic E-state index is 12.2. The Morgan fingerprint density at radius 3 is 2.39 bits per heavy atom. The summed E-state index contributed by atoms with van der Waals surface area (Å²) in [5.41, 5.74) is 5.42. The molecule has 4 N–H and O–H groups in total. The summed E-state index contributed by atoms with van der Waals surface area (Å²) in [6.45, 7) is -0.215. The molecule has 2 unspecified atom stereocenters. The van der Waals surface area contributed by atoms with Crippen LogP contribution in [0.25, 0.3) is 0 Å².